The Bertz CT molecular complexity index is 559. The average Bonchev–Trinajstić information content (AvgIpc) is 2.71. The van der Waals surface area contributed by atoms with E-state index in [4.69, 9.17) is 0 Å². The predicted molar refractivity (Wildman–Crippen MR) is 69.8 cm³/mol. The van der Waals surface area contributed by atoms with Crippen LogP contribution < -0.4 is 10.7 Å². The molecule has 2 aromatic rings. The fraction of sp³-hybridized carbons (Fsp3) is 0.385. The number of amides is 2. The first-order valence-electron chi connectivity index (χ1n) is 6.30. The number of urea groups is 1. The summed E-state index contributed by atoms with van der Waals surface area (Å²) in [6.07, 6.45) is 5.37. The lowest BCUT2D eigenvalue weighted by atomic mass is 9.85. The molecular weight excluding hydrogens is 228 g/mol. The van der Waals surface area contributed by atoms with E-state index in [2.05, 4.69) is 15.7 Å². The maximum Gasteiger partial charge on any atom is 0.333 e. The van der Waals surface area contributed by atoms with E-state index >= 15 is 0 Å². The molecule has 5 nitrogen and oxygen atoms in total. The number of para-hydroxylation sites is 2. The second-order valence-corrected chi connectivity index (χ2v) is 4.72. The first-order chi connectivity index (χ1) is 8.83. The summed E-state index contributed by atoms with van der Waals surface area (Å²) in [5.74, 6) is 0.662. The van der Waals surface area contributed by atoms with Gasteiger partial charge in [0.15, 0.2) is 0 Å². The summed E-state index contributed by atoms with van der Waals surface area (Å²) in [5.41, 5.74) is 4.54. The summed E-state index contributed by atoms with van der Waals surface area (Å²) in [7, 11) is 0. The second kappa shape index (κ2) is 4.68. The van der Waals surface area contributed by atoms with Crippen molar-refractivity contribution < 1.29 is 4.79 Å². The molecule has 1 saturated carbocycles. The summed E-state index contributed by atoms with van der Waals surface area (Å²) in [5, 5.41) is 2.89. The molecule has 0 radical (unpaired) electrons. The molecule has 2 amide bonds. The number of nitrogens with one attached hydrogen (secondary N) is 2. The molecule has 0 spiro atoms. The van der Waals surface area contributed by atoms with Crippen molar-refractivity contribution in [2.75, 3.05) is 12.0 Å². The topological polar surface area (TPSA) is 59.0 Å². The molecule has 1 heterocycles. The van der Waals surface area contributed by atoms with E-state index in [-0.39, 0.29) is 6.03 Å². The van der Waals surface area contributed by atoms with Gasteiger partial charge in [0, 0.05) is 6.54 Å². The van der Waals surface area contributed by atoms with E-state index in [1.54, 1.807) is 11.0 Å². The van der Waals surface area contributed by atoms with Gasteiger partial charge in [0.2, 0.25) is 0 Å². The number of aromatic nitrogens is 2. The standard InChI is InChI=1S/C13H16N4O/c18-13(14-8-10-4-3-5-10)16-17-9-15-11-6-1-2-7-12(11)17/h1-2,6-7,9-10H,3-5,8H2,(H2,14,16,18). The largest absolute Gasteiger partial charge is 0.336 e. The molecule has 0 aliphatic heterocycles. The number of hydrogen-bond donors (Lipinski definition) is 2. The molecule has 1 aliphatic carbocycles. The van der Waals surface area contributed by atoms with E-state index in [0.29, 0.717) is 5.92 Å². The van der Waals surface area contributed by atoms with Crippen LogP contribution in [0.1, 0.15) is 19.3 Å². The van der Waals surface area contributed by atoms with Gasteiger partial charge in [-0.2, -0.15) is 0 Å². The van der Waals surface area contributed by atoms with Crippen LogP contribution in [0.3, 0.4) is 0 Å². The minimum Gasteiger partial charge on any atom is -0.336 e. The molecule has 2 N–H and O–H groups in total. The molecular formula is C13H16N4O. The minimum atomic E-state index is -0.176. The van der Waals surface area contributed by atoms with Gasteiger partial charge in [-0.25, -0.2) is 19.9 Å². The van der Waals surface area contributed by atoms with Crippen molar-refractivity contribution in [3.8, 4) is 0 Å². The predicted octanol–water partition coefficient (Wildman–Crippen LogP) is 2.09. The highest BCUT2D eigenvalue weighted by atomic mass is 16.2. The zero-order valence-corrected chi connectivity index (χ0v) is 10.1. The number of imidazole rings is 1. The normalized spacial score (nSPS) is 15.3. The fourth-order valence-electron chi connectivity index (χ4n) is 2.13. The number of carbonyl (C=O) groups is 1. The summed E-state index contributed by atoms with van der Waals surface area (Å²) >= 11 is 0. The third kappa shape index (κ3) is 2.16. The quantitative estimate of drug-likeness (QED) is 0.868. The Kier molecular flexibility index (Phi) is 2.88. The van der Waals surface area contributed by atoms with Gasteiger partial charge in [-0.3, -0.25) is 0 Å². The van der Waals surface area contributed by atoms with E-state index in [1.807, 2.05) is 24.3 Å². The lowest BCUT2D eigenvalue weighted by molar-refractivity contribution is 0.241. The van der Waals surface area contributed by atoms with Crippen molar-refractivity contribution in [3.63, 3.8) is 0 Å². The van der Waals surface area contributed by atoms with Gasteiger partial charge in [0.05, 0.1) is 11.0 Å². The highest BCUT2D eigenvalue weighted by Gasteiger charge is 2.17. The smallest absolute Gasteiger partial charge is 0.333 e. The molecule has 0 bridgehead atoms. The van der Waals surface area contributed by atoms with Crippen LogP contribution in [0.25, 0.3) is 11.0 Å². The Morgan fingerprint density at radius 2 is 2.22 bits per heavy atom. The summed E-state index contributed by atoms with van der Waals surface area (Å²) in [6.45, 7) is 0.762. The lowest BCUT2D eigenvalue weighted by Gasteiger charge is -2.25. The van der Waals surface area contributed by atoms with Crippen LogP contribution in [0.4, 0.5) is 4.79 Å². The number of fused-ring (bicyclic) bond motifs is 1. The second-order valence-electron chi connectivity index (χ2n) is 4.72. The molecule has 3 rings (SSSR count). The van der Waals surface area contributed by atoms with Gasteiger partial charge in [-0.15, -0.1) is 0 Å². The number of carbonyl (C=O) groups excluding carboxylic acids is 1. The van der Waals surface area contributed by atoms with Crippen molar-refractivity contribution >= 4 is 17.1 Å². The number of rotatable bonds is 3. The van der Waals surface area contributed by atoms with E-state index in [9.17, 15) is 4.79 Å². The maximum absolute atomic E-state index is 11.7. The van der Waals surface area contributed by atoms with E-state index in [0.717, 1.165) is 17.6 Å². The van der Waals surface area contributed by atoms with Gasteiger partial charge in [0.1, 0.15) is 6.33 Å². The van der Waals surface area contributed by atoms with Crippen LogP contribution in [0, 0.1) is 5.92 Å². The van der Waals surface area contributed by atoms with Crippen molar-refractivity contribution in [2.45, 2.75) is 19.3 Å². The van der Waals surface area contributed by atoms with Gasteiger partial charge < -0.3 is 5.32 Å². The third-order valence-electron chi connectivity index (χ3n) is 3.45. The zero-order valence-electron chi connectivity index (χ0n) is 10.1. The summed E-state index contributed by atoms with van der Waals surface area (Å²) in [6, 6.07) is 7.52. The van der Waals surface area contributed by atoms with Crippen molar-refractivity contribution in [2.24, 2.45) is 5.92 Å². The van der Waals surface area contributed by atoms with Crippen LogP contribution in [-0.2, 0) is 0 Å². The van der Waals surface area contributed by atoms with E-state index < -0.39 is 0 Å². The SMILES string of the molecule is O=C(NCC1CCC1)Nn1cnc2ccccc21. The third-order valence-corrected chi connectivity index (χ3v) is 3.45. The molecule has 0 unspecified atom stereocenters. The van der Waals surface area contributed by atoms with Crippen molar-refractivity contribution in [1.82, 2.24) is 15.0 Å². The van der Waals surface area contributed by atoms with Gasteiger partial charge in [0.25, 0.3) is 0 Å². The molecule has 0 atom stereocenters. The monoisotopic (exact) mass is 244 g/mol. The highest BCUT2D eigenvalue weighted by Crippen LogP contribution is 2.25. The molecule has 1 aromatic heterocycles. The van der Waals surface area contributed by atoms with Gasteiger partial charge in [-0.05, 0) is 30.9 Å². The average molecular weight is 244 g/mol. The number of benzene rings is 1. The Morgan fingerprint density at radius 1 is 1.39 bits per heavy atom. The molecule has 1 aliphatic rings. The molecule has 94 valence electrons. The minimum absolute atomic E-state index is 0.176. The molecule has 5 heteroatoms. The van der Waals surface area contributed by atoms with E-state index in [1.165, 1.54) is 19.3 Å². The summed E-state index contributed by atoms with van der Waals surface area (Å²) in [4.78, 5) is 15.9. The van der Waals surface area contributed by atoms with Crippen LogP contribution in [-0.4, -0.2) is 22.2 Å². The Morgan fingerprint density at radius 3 is 3.00 bits per heavy atom. The van der Waals surface area contributed by atoms with Crippen LogP contribution in [0.2, 0.25) is 0 Å². The maximum atomic E-state index is 11.7. The number of nitrogens with zero attached hydrogens (tertiary/aromatic N) is 2. The van der Waals surface area contributed by atoms with Crippen LogP contribution in [0.15, 0.2) is 30.6 Å². The lowest BCUT2D eigenvalue weighted by Crippen LogP contribution is -2.38. The molecule has 1 fully saturated rings. The Labute approximate surface area is 105 Å². The molecule has 0 saturated heterocycles. The zero-order chi connectivity index (χ0) is 12.4. The Balaban J connectivity index is 1.62. The fourth-order valence-corrected chi connectivity index (χ4v) is 2.13. The first-order valence-corrected chi connectivity index (χ1v) is 6.30. The number of hydrogen-bond acceptors (Lipinski definition) is 2. The Hall–Kier alpha value is -2.04. The van der Waals surface area contributed by atoms with Crippen molar-refractivity contribution in [3.05, 3.63) is 30.6 Å². The van der Waals surface area contributed by atoms with Crippen LogP contribution >= 0.6 is 0 Å². The highest BCUT2D eigenvalue weighted by molar-refractivity contribution is 5.85. The molecule has 18 heavy (non-hydrogen) atoms. The first kappa shape index (κ1) is 11.1. The van der Waals surface area contributed by atoms with Gasteiger partial charge in [-0.1, -0.05) is 18.6 Å². The van der Waals surface area contributed by atoms with Crippen LogP contribution in [0.5, 0.6) is 0 Å². The van der Waals surface area contributed by atoms with Gasteiger partial charge >= 0.3 is 6.03 Å². The van der Waals surface area contributed by atoms with Crippen molar-refractivity contribution in [1.29, 1.82) is 0 Å². The summed E-state index contributed by atoms with van der Waals surface area (Å²) < 4.78 is 1.64. The molecule has 1 aromatic carbocycles.